The fraction of sp³-hybridized carbons (Fsp3) is 0.333. The van der Waals surface area contributed by atoms with Gasteiger partial charge in [-0.3, -0.25) is 4.79 Å². The maximum Gasteiger partial charge on any atom is 0.249 e. The van der Waals surface area contributed by atoms with Crippen molar-refractivity contribution in [2.24, 2.45) is 0 Å². The van der Waals surface area contributed by atoms with E-state index in [9.17, 15) is 4.79 Å². The minimum Gasteiger partial charge on any atom is -0.377 e. The summed E-state index contributed by atoms with van der Waals surface area (Å²) in [7, 11) is 1.55. The van der Waals surface area contributed by atoms with E-state index in [0.717, 1.165) is 5.56 Å². The largest absolute Gasteiger partial charge is 0.377 e. The van der Waals surface area contributed by atoms with Crippen LogP contribution in [0.15, 0.2) is 41.2 Å². The second-order valence-electron chi connectivity index (χ2n) is 5.18. The van der Waals surface area contributed by atoms with Crippen LogP contribution < -0.4 is 5.32 Å². The van der Waals surface area contributed by atoms with Gasteiger partial charge >= 0.3 is 0 Å². The Kier molecular flexibility index (Phi) is 5.42. The van der Waals surface area contributed by atoms with Gasteiger partial charge in [-0.2, -0.15) is 4.98 Å². The monoisotopic (exact) mass is 343 g/mol. The molecule has 0 fully saturated rings. The molecule has 0 bridgehead atoms. The van der Waals surface area contributed by atoms with E-state index in [1.54, 1.807) is 7.11 Å². The quantitative estimate of drug-likeness (QED) is 0.613. The second-order valence-corrected chi connectivity index (χ2v) is 5.18. The maximum atomic E-state index is 12.6. The van der Waals surface area contributed by atoms with Gasteiger partial charge in [0.25, 0.3) is 0 Å². The van der Waals surface area contributed by atoms with Crippen molar-refractivity contribution in [3.05, 3.63) is 53.9 Å². The van der Waals surface area contributed by atoms with Gasteiger partial charge in [0.2, 0.25) is 11.8 Å². The van der Waals surface area contributed by atoms with E-state index < -0.39 is 6.04 Å². The van der Waals surface area contributed by atoms with Gasteiger partial charge in [-0.15, -0.1) is 5.10 Å². The third-order valence-corrected chi connectivity index (χ3v) is 3.41. The molecule has 1 amide bonds. The summed E-state index contributed by atoms with van der Waals surface area (Å²) in [6, 6.07) is 8.64. The first-order chi connectivity index (χ1) is 12.3. The van der Waals surface area contributed by atoms with Crippen molar-refractivity contribution in [3.63, 3.8) is 0 Å². The third kappa shape index (κ3) is 4.23. The van der Waals surface area contributed by atoms with Gasteiger partial charge in [-0.1, -0.05) is 35.5 Å². The van der Waals surface area contributed by atoms with Gasteiger partial charge in [0, 0.05) is 20.1 Å². The molecule has 0 radical (unpaired) electrons. The molecule has 130 valence electrons. The fourth-order valence-electron chi connectivity index (χ4n) is 2.31. The molecule has 1 atom stereocenters. The number of benzene rings is 1. The van der Waals surface area contributed by atoms with E-state index in [2.05, 4.69) is 31.0 Å². The van der Waals surface area contributed by atoms with Crippen LogP contribution in [0.25, 0.3) is 0 Å². The highest BCUT2D eigenvalue weighted by atomic mass is 16.5. The standard InChI is InChI=1S/C15H17N7O3/c1-24-9-12-18-13(25-19-12)7-8-16-15(23)14(22-10-17-20-21-22)11-5-3-2-4-6-11/h2-6,10,14H,7-9H2,1H3,(H,16,23)/t14-/m0/s1. The molecule has 3 rings (SSSR count). The summed E-state index contributed by atoms with van der Waals surface area (Å²) in [6.45, 7) is 0.629. The molecule has 0 aliphatic heterocycles. The van der Waals surface area contributed by atoms with E-state index in [1.807, 2.05) is 30.3 Å². The van der Waals surface area contributed by atoms with Crippen LogP contribution in [0, 0.1) is 0 Å². The molecular formula is C15H17N7O3. The summed E-state index contributed by atoms with van der Waals surface area (Å²) >= 11 is 0. The normalized spacial score (nSPS) is 12.0. The second kappa shape index (κ2) is 8.11. The van der Waals surface area contributed by atoms with E-state index in [4.69, 9.17) is 9.26 Å². The summed E-state index contributed by atoms with van der Waals surface area (Å²) in [5, 5.41) is 17.7. The van der Waals surface area contributed by atoms with Crippen LogP contribution in [0.1, 0.15) is 23.3 Å². The highest BCUT2D eigenvalue weighted by molar-refractivity contribution is 5.83. The summed E-state index contributed by atoms with van der Waals surface area (Å²) in [6.07, 6.45) is 1.83. The number of ether oxygens (including phenoxy) is 1. The summed E-state index contributed by atoms with van der Waals surface area (Å²) in [5.41, 5.74) is 0.785. The molecule has 2 heterocycles. The Hall–Kier alpha value is -3.14. The Morgan fingerprint density at radius 3 is 2.92 bits per heavy atom. The minimum absolute atomic E-state index is 0.227. The number of carbonyl (C=O) groups excluding carboxylic acids is 1. The van der Waals surface area contributed by atoms with Gasteiger partial charge in [-0.05, 0) is 16.0 Å². The Balaban J connectivity index is 1.63. The number of amides is 1. The molecule has 10 nitrogen and oxygen atoms in total. The summed E-state index contributed by atoms with van der Waals surface area (Å²) in [4.78, 5) is 16.8. The Bertz CT molecular complexity index is 789. The highest BCUT2D eigenvalue weighted by Gasteiger charge is 2.23. The van der Waals surface area contributed by atoms with Crippen LogP contribution in [0.2, 0.25) is 0 Å². The lowest BCUT2D eigenvalue weighted by Gasteiger charge is -2.16. The molecule has 0 aliphatic rings. The number of rotatable bonds is 8. The topological polar surface area (TPSA) is 121 Å². The average molecular weight is 343 g/mol. The molecular weight excluding hydrogens is 326 g/mol. The van der Waals surface area contributed by atoms with Crippen LogP contribution >= 0.6 is 0 Å². The SMILES string of the molecule is COCc1noc(CCNC(=O)[C@H](c2ccccc2)n2cnnn2)n1. The van der Waals surface area contributed by atoms with Crippen LogP contribution in [0.4, 0.5) is 0 Å². The first kappa shape index (κ1) is 16.7. The van der Waals surface area contributed by atoms with Gasteiger partial charge in [0.15, 0.2) is 11.9 Å². The van der Waals surface area contributed by atoms with Crippen molar-refractivity contribution >= 4 is 5.91 Å². The van der Waals surface area contributed by atoms with E-state index in [1.165, 1.54) is 11.0 Å². The highest BCUT2D eigenvalue weighted by Crippen LogP contribution is 2.16. The zero-order valence-corrected chi connectivity index (χ0v) is 13.6. The molecule has 0 unspecified atom stereocenters. The first-order valence-electron chi connectivity index (χ1n) is 7.63. The number of hydrogen-bond acceptors (Lipinski definition) is 8. The van der Waals surface area contributed by atoms with E-state index in [0.29, 0.717) is 24.7 Å². The Morgan fingerprint density at radius 1 is 1.36 bits per heavy atom. The van der Waals surface area contributed by atoms with Crippen molar-refractivity contribution in [1.82, 2.24) is 35.7 Å². The van der Waals surface area contributed by atoms with Crippen molar-refractivity contribution < 1.29 is 14.1 Å². The van der Waals surface area contributed by atoms with Crippen LogP contribution in [-0.2, 0) is 22.6 Å². The fourth-order valence-corrected chi connectivity index (χ4v) is 2.31. The molecule has 0 saturated heterocycles. The van der Waals surface area contributed by atoms with Crippen molar-refractivity contribution in [2.45, 2.75) is 19.1 Å². The average Bonchev–Trinajstić information content (AvgIpc) is 3.29. The summed E-state index contributed by atoms with van der Waals surface area (Å²) < 4.78 is 11.4. The van der Waals surface area contributed by atoms with Crippen molar-refractivity contribution in [1.29, 1.82) is 0 Å². The molecule has 3 aromatic rings. The Morgan fingerprint density at radius 2 is 2.20 bits per heavy atom. The number of carbonyl (C=O) groups is 1. The lowest BCUT2D eigenvalue weighted by Crippen LogP contribution is -2.35. The number of nitrogens with zero attached hydrogens (tertiary/aromatic N) is 6. The van der Waals surface area contributed by atoms with Crippen molar-refractivity contribution in [3.8, 4) is 0 Å². The molecule has 0 saturated carbocycles. The zero-order valence-electron chi connectivity index (χ0n) is 13.6. The molecule has 25 heavy (non-hydrogen) atoms. The number of hydrogen-bond donors (Lipinski definition) is 1. The molecule has 10 heteroatoms. The van der Waals surface area contributed by atoms with Gasteiger partial charge in [0.1, 0.15) is 12.9 Å². The van der Waals surface area contributed by atoms with Crippen LogP contribution in [-0.4, -0.2) is 49.9 Å². The molecule has 0 spiro atoms. The molecule has 2 aromatic heterocycles. The zero-order chi connectivity index (χ0) is 17.5. The van der Waals surface area contributed by atoms with Crippen LogP contribution in [0.3, 0.4) is 0 Å². The molecule has 1 N–H and O–H groups in total. The number of nitrogens with one attached hydrogen (secondary N) is 1. The first-order valence-corrected chi connectivity index (χ1v) is 7.63. The van der Waals surface area contributed by atoms with E-state index >= 15 is 0 Å². The maximum absolute atomic E-state index is 12.6. The molecule has 0 aliphatic carbocycles. The Labute approximate surface area is 143 Å². The predicted molar refractivity (Wildman–Crippen MR) is 84.1 cm³/mol. The third-order valence-electron chi connectivity index (χ3n) is 3.41. The van der Waals surface area contributed by atoms with Gasteiger partial charge in [-0.25, -0.2) is 4.68 Å². The number of tetrazole rings is 1. The molecule has 1 aromatic carbocycles. The minimum atomic E-state index is -0.650. The predicted octanol–water partition coefficient (Wildman–Crippen LogP) is 0.151. The lowest BCUT2D eigenvalue weighted by atomic mass is 10.1. The van der Waals surface area contributed by atoms with Gasteiger partial charge < -0.3 is 14.6 Å². The van der Waals surface area contributed by atoms with Gasteiger partial charge in [0.05, 0.1) is 0 Å². The smallest absolute Gasteiger partial charge is 0.249 e. The number of methoxy groups -OCH3 is 1. The van der Waals surface area contributed by atoms with Crippen molar-refractivity contribution in [2.75, 3.05) is 13.7 Å². The number of aromatic nitrogens is 6. The van der Waals surface area contributed by atoms with Crippen LogP contribution in [0.5, 0.6) is 0 Å². The lowest BCUT2D eigenvalue weighted by molar-refractivity contribution is -0.123. The van der Waals surface area contributed by atoms with E-state index in [-0.39, 0.29) is 12.5 Å². The summed E-state index contributed by atoms with van der Waals surface area (Å²) in [5.74, 6) is 0.681.